The molecular formula is C27H20F5N3O. The zero-order valence-electron chi connectivity index (χ0n) is 19.0. The van der Waals surface area contributed by atoms with Gasteiger partial charge in [0, 0.05) is 18.2 Å². The number of alkyl halides is 3. The highest BCUT2D eigenvalue weighted by Gasteiger charge is 2.38. The number of imidazole rings is 1. The van der Waals surface area contributed by atoms with E-state index >= 15 is 4.39 Å². The van der Waals surface area contributed by atoms with E-state index in [4.69, 9.17) is 0 Å². The van der Waals surface area contributed by atoms with Crippen molar-refractivity contribution in [2.24, 2.45) is 0 Å². The van der Waals surface area contributed by atoms with Crippen LogP contribution in [0.4, 0.5) is 22.0 Å². The molecule has 0 saturated carbocycles. The minimum absolute atomic E-state index is 0.0133. The molecule has 0 fully saturated rings. The molecule has 2 aromatic carbocycles. The molecule has 1 N–H and O–H groups in total. The largest absolute Gasteiger partial charge is 0.385 e. The molecule has 0 bridgehead atoms. The number of pyridine rings is 1. The Hall–Kier alpha value is -3.77. The summed E-state index contributed by atoms with van der Waals surface area (Å²) in [5.41, 5.74) is 0.758. The van der Waals surface area contributed by atoms with Gasteiger partial charge in [-0.15, -0.1) is 0 Å². The van der Waals surface area contributed by atoms with E-state index in [-0.39, 0.29) is 46.2 Å². The molecule has 184 valence electrons. The average Bonchev–Trinajstić information content (AvgIpc) is 3.41. The summed E-state index contributed by atoms with van der Waals surface area (Å²) in [5.74, 6) is -1.69. The molecule has 4 unspecified atom stereocenters. The fourth-order valence-corrected chi connectivity index (χ4v) is 4.99. The van der Waals surface area contributed by atoms with Gasteiger partial charge in [-0.1, -0.05) is 6.07 Å². The highest BCUT2D eigenvalue weighted by Crippen LogP contribution is 2.44. The molecule has 2 aromatic heterocycles. The minimum atomic E-state index is -2.22. The maximum atomic E-state index is 15.7. The van der Waals surface area contributed by atoms with E-state index in [0.717, 1.165) is 25.1 Å². The monoisotopic (exact) mass is 497 g/mol. The Kier molecular flexibility index (Phi) is 6.00. The van der Waals surface area contributed by atoms with Gasteiger partial charge in [-0.25, -0.2) is 26.9 Å². The predicted molar refractivity (Wildman–Crippen MR) is 122 cm³/mol. The van der Waals surface area contributed by atoms with Gasteiger partial charge in [0.1, 0.15) is 35.7 Å². The van der Waals surface area contributed by atoms with E-state index in [9.17, 15) is 27.9 Å². The maximum Gasteiger partial charge on any atom is 0.156 e. The number of fused-ring (bicyclic) bond motifs is 2. The van der Waals surface area contributed by atoms with Gasteiger partial charge < -0.3 is 5.11 Å². The lowest BCUT2D eigenvalue weighted by atomic mass is 9.87. The summed E-state index contributed by atoms with van der Waals surface area (Å²) in [7, 11) is 0. The second kappa shape index (κ2) is 9.03. The maximum absolute atomic E-state index is 15.7. The lowest BCUT2D eigenvalue weighted by molar-refractivity contribution is 0.0928. The van der Waals surface area contributed by atoms with E-state index in [1.807, 2.05) is 0 Å². The molecule has 2 heterocycles. The molecule has 4 nitrogen and oxygen atoms in total. The topological polar surface area (TPSA) is 61.3 Å². The molecule has 1 aliphatic rings. The number of halogens is 5. The molecule has 0 amide bonds. The Morgan fingerprint density at radius 3 is 2.72 bits per heavy atom. The van der Waals surface area contributed by atoms with Crippen LogP contribution in [-0.2, 0) is 12.8 Å². The van der Waals surface area contributed by atoms with E-state index in [1.165, 1.54) is 6.20 Å². The van der Waals surface area contributed by atoms with Crippen LogP contribution in [0.25, 0.3) is 16.9 Å². The quantitative estimate of drug-likeness (QED) is 0.342. The van der Waals surface area contributed by atoms with Crippen molar-refractivity contribution in [3.63, 3.8) is 0 Å². The van der Waals surface area contributed by atoms with Gasteiger partial charge in [0.15, 0.2) is 6.17 Å². The number of hydrogen-bond donors (Lipinski definition) is 1. The fraction of sp³-hybridized carbons (Fsp3) is 0.259. The second-order valence-electron chi connectivity index (χ2n) is 8.91. The standard InChI is InChI=1S/C27H20F5N3O/c1-13(28)26(32)19-9-16(29)6-15(11-33)17(19)7-14-8-20(30)25(24-18(14)10-21(31)27(24)36)22-12-34-23-4-2-3-5-35(22)23/h2-6,8-9,12-13,21,26-27,36H,7,10H2,1H3. The van der Waals surface area contributed by atoms with Gasteiger partial charge in [-0.3, -0.25) is 4.40 Å². The number of nitriles is 1. The lowest BCUT2D eigenvalue weighted by Crippen LogP contribution is -2.12. The third-order valence-electron chi connectivity index (χ3n) is 6.67. The average molecular weight is 497 g/mol. The Morgan fingerprint density at radius 2 is 2.00 bits per heavy atom. The van der Waals surface area contributed by atoms with Crippen LogP contribution in [0.5, 0.6) is 0 Å². The minimum Gasteiger partial charge on any atom is -0.385 e. The van der Waals surface area contributed by atoms with Crippen molar-refractivity contribution in [3.05, 3.63) is 93.8 Å². The molecular weight excluding hydrogens is 477 g/mol. The van der Waals surface area contributed by atoms with Crippen molar-refractivity contribution in [2.75, 3.05) is 0 Å². The van der Waals surface area contributed by atoms with Gasteiger partial charge in [-0.05, 0) is 71.5 Å². The number of benzene rings is 2. The van der Waals surface area contributed by atoms with Gasteiger partial charge in [0.2, 0.25) is 0 Å². The SMILES string of the molecule is CC(F)C(F)c1cc(F)cc(C#N)c1Cc1cc(F)c(-c2cnc3ccccn23)c2c1CC(F)C2O. The van der Waals surface area contributed by atoms with Crippen LogP contribution < -0.4 is 0 Å². The summed E-state index contributed by atoms with van der Waals surface area (Å²) in [6.07, 6.45) is -5.00. The zero-order chi connectivity index (χ0) is 25.7. The van der Waals surface area contributed by atoms with Crippen molar-refractivity contribution in [1.29, 1.82) is 5.26 Å². The number of rotatable bonds is 5. The normalized spacial score (nSPS) is 18.7. The van der Waals surface area contributed by atoms with Crippen LogP contribution in [0.3, 0.4) is 0 Å². The van der Waals surface area contributed by atoms with Crippen LogP contribution in [0.1, 0.15) is 52.6 Å². The first-order valence-electron chi connectivity index (χ1n) is 11.3. The molecule has 0 saturated heterocycles. The van der Waals surface area contributed by atoms with Crippen LogP contribution in [0.2, 0.25) is 0 Å². The summed E-state index contributed by atoms with van der Waals surface area (Å²) in [5, 5.41) is 20.2. The molecule has 4 aromatic rings. The third-order valence-corrected chi connectivity index (χ3v) is 6.67. The molecule has 0 spiro atoms. The summed E-state index contributed by atoms with van der Waals surface area (Å²) < 4.78 is 74.8. The van der Waals surface area contributed by atoms with E-state index < -0.39 is 36.3 Å². The Labute approximate surface area is 203 Å². The molecule has 4 atom stereocenters. The first-order chi connectivity index (χ1) is 17.2. The number of hydrogen-bond acceptors (Lipinski definition) is 3. The second-order valence-corrected chi connectivity index (χ2v) is 8.91. The molecule has 5 rings (SSSR count). The van der Waals surface area contributed by atoms with Crippen molar-refractivity contribution in [1.82, 2.24) is 9.38 Å². The number of nitrogens with zero attached hydrogens (tertiary/aromatic N) is 3. The van der Waals surface area contributed by atoms with Gasteiger partial charge in [0.25, 0.3) is 0 Å². The summed E-state index contributed by atoms with van der Waals surface area (Å²) in [6.45, 7) is 0.970. The van der Waals surface area contributed by atoms with E-state index in [0.29, 0.717) is 16.9 Å². The van der Waals surface area contributed by atoms with Crippen molar-refractivity contribution in [3.8, 4) is 17.3 Å². The molecule has 0 radical (unpaired) electrons. The molecule has 9 heteroatoms. The summed E-state index contributed by atoms with van der Waals surface area (Å²) >= 11 is 0. The van der Waals surface area contributed by atoms with Gasteiger partial charge >= 0.3 is 0 Å². The third kappa shape index (κ3) is 3.82. The van der Waals surface area contributed by atoms with Crippen molar-refractivity contribution in [2.45, 2.75) is 44.4 Å². The Balaban J connectivity index is 1.72. The summed E-state index contributed by atoms with van der Waals surface area (Å²) in [4.78, 5) is 4.25. The van der Waals surface area contributed by atoms with E-state index in [1.54, 1.807) is 34.9 Å². The summed E-state index contributed by atoms with van der Waals surface area (Å²) in [6, 6.07) is 9.82. The highest BCUT2D eigenvalue weighted by atomic mass is 19.2. The molecule has 0 aliphatic heterocycles. The first-order valence-corrected chi connectivity index (χ1v) is 11.3. The fourth-order valence-electron chi connectivity index (χ4n) is 4.99. The van der Waals surface area contributed by atoms with Crippen LogP contribution in [0, 0.1) is 23.0 Å². The molecule has 36 heavy (non-hydrogen) atoms. The van der Waals surface area contributed by atoms with Crippen molar-refractivity contribution < 1.29 is 27.1 Å². The lowest BCUT2D eigenvalue weighted by Gasteiger charge is -2.20. The Bertz CT molecular complexity index is 1520. The van der Waals surface area contributed by atoms with Gasteiger partial charge in [0.05, 0.1) is 23.5 Å². The van der Waals surface area contributed by atoms with Crippen molar-refractivity contribution >= 4 is 5.65 Å². The highest BCUT2D eigenvalue weighted by molar-refractivity contribution is 5.72. The first kappa shape index (κ1) is 23.9. The predicted octanol–water partition coefficient (Wildman–Crippen LogP) is 6.04. The van der Waals surface area contributed by atoms with Gasteiger partial charge in [-0.2, -0.15) is 5.26 Å². The Morgan fingerprint density at radius 1 is 1.22 bits per heavy atom. The van der Waals surface area contributed by atoms with Crippen LogP contribution >= 0.6 is 0 Å². The number of aliphatic hydroxyl groups is 1. The van der Waals surface area contributed by atoms with Crippen LogP contribution in [-0.4, -0.2) is 26.8 Å². The smallest absolute Gasteiger partial charge is 0.156 e. The van der Waals surface area contributed by atoms with E-state index in [2.05, 4.69) is 4.98 Å². The number of aromatic nitrogens is 2. The van der Waals surface area contributed by atoms with Crippen LogP contribution in [0.15, 0.2) is 48.8 Å². The zero-order valence-corrected chi connectivity index (χ0v) is 19.0. The molecule has 1 aliphatic carbocycles. The number of aliphatic hydroxyl groups excluding tert-OH is 1.